The maximum absolute atomic E-state index is 12.7. The molecule has 2 aromatic rings. The van der Waals surface area contributed by atoms with Gasteiger partial charge in [0, 0.05) is 0 Å². The Morgan fingerprint density at radius 1 is 0.872 bits per heavy atom. The average molecular weight is 589 g/mol. The molecule has 0 saturated carbocycles. The van der Waals surface area contributed by atoms with Crippen LogP contribution in [-0.4, -0.2) is 33.9 Å². The van der Waals surface area contributed by atoms with Gasteiger partial charge in [-0.1, -0.05) is 0 Å². The molecule has 39 heavy (non-hydrogen) atoms. The third-order valence-electron chi connectivity index (χ3n) is 6.74. The van der Waals surface area contributed by atoms with E-state index in [0.717, 1.165) is 17.1 Å². The van der Waals surface area contributed by atoms with Gasteiger partial charge < -0.3 is 0 Å². The van der Waals surface area contributed by atoms with Gasteiger partial charge in [-0.25, -0.2) is 0 Å². The summed E-state index contributed by atoms with van der Waals surface area (Å²) in [7, 11) is 0. The van der Waals surface area contributed by atoms with Crippen molar-refractivity contribution in [3.05, 3.63) is 81.4 Å². The Bertz CT molecular complexity index is 1170. The Balaban J connectivity index is 2.74. The van der Waals surface area contributed by atoms with Crippen LogP contribution in [0.5, 0.6) is 0 Å². The van der Waals surface area contributed by atoms with Gasteiger partial charge in [0.25, 0.3) is 0 Å². The Morgan fingerprint density at radius 3 is 1.72 bits per heavy atom. The van der Waals surface area contributed by atoms with Gasteiger partial charge >= 0.3 is 245 Å². The van der Waals surface area contributed by atoms with Crippen molar-refractivity contribution in [2.45, 2.75) is 99.8 Å². The number of benzene rings is 2. The molecule has 5 heteroatoms. The first-order valence-corrected chi connectivity index (χ1v) is 16.2. The normalized spacial score (nSPS) is 12.6. The van der Waals surface area contributed by atoms with E-state index >= 15 is 0 Å². The fraction of sp³-hybridized carbons (Fsp3) is 0.471. The van der Waals surface area contributed by atoms with Crippen LogP contribution in [-0.2, 0) is 9.53 Å². The molecule has 0 aromatic heterocycles. The Morgan fingerprint density at radius 2 is 1.31 bits per heavy atom. The van der Waals surface area contributed by atoms with E-state index in [9.17, 15) is 4.79 Å². The number of aliphatic imine (C=N–C) groups is 1. The molecule has 2 aromatic carbocycles. The first kappa shape index (κ1) is 32.6. The quantitative estimate of drug-likeness (QED) is 0.107. The summed E-state index contributed by atoms with van der Waals surface area (Å²) in [6.45, 7) is 28.3. The minimum atomic E-state index is -1.12. The molecule has 0 spiro atoms. The van der Waals surface area contributed by atoms with Crippen molar-refractivity contribution in [2.75, 3.05) is 10.5 Å². The number of hydrogen-bond acceptors (Lipinski definition) is 4. The van der Waals surface area contributed by atoms with Crippen LogP contribution in [0.15, 0.2) is 64.1 Å². The molecular weight excluding hydrogens is 541 g/mol. The van der Waals surface area contributed by atoms with E-state index in [1.54, 1.807) is 0 Å². The van der Waals surface area contributed by atoms with Crippen molar-refractivity contribution in [1.29, 1.82) is 0 Å². The molecule has 0 unspecified atom stereocenters. The number of hydrogen-bond donors (Lipinski definition) is 0. The third kappa shape index (κ3) is 8.44. The number of para-hydroxylation sites is 2. The molecule has 0 saturated heterocycles. The summed E-state index contributed by atoms with van der Waals surface area (Å²) in [5.41, 5.74) is 9.35. The molecular formula is C34H48GeN2O2. The van der Waals surface area contributed by atoms with E-state index < -0.39 is 15.7 Å². The Kier molecular flexibility index (Phi) is 12.3. The second-order valence-electron chi connectivity index (χ2n) is 11.4. The van der Waals surface area contributed by atoms with E-state index in [2.05, 4.69) is 122 Å². The predicted molar refractivity (Wildman–Crippen MR) is 170 cm³/mol. The van der Waals surface area contributed by atoms with Crippen molar-refractivity contribution in [3.63, 3.8) is 0 Å². The van der Waals surface area contributed by atoms with Crippen molar-refractivity contribution in [1.82, 2.24) is 0 Å². The molecule has 0 N–H and O–H groups in total. The van der Waals surface area contributed by atoms with Crippen LogP contribution in [0.2, 0.25) is 0 Å². The van der Waals surface area contributed by atoms with Gasteiger partial charge in [0.15, 0.2) is 0 Å². The number of carbonyl (C=O) groups is 1. The SMILES string of the molecule is C=[C]([Ge][N](/C(C)=C\C(C)=Nc1c(C(C)C)cccc1C(C)C)c1c(C(C)C)cccc1C(C)C)C(=O)OCC. The number of carbonyl (C=O) groups excluding carboxylic acids is 1. The summed E-state index contributed by atoms with van der Waals surface area (Å²) >= 11 is -1.12. The first-order valence-electron chi connectivity index (χ1n) is 14.2. The maximum atomic E-state index is 12.7. The van der Waals surface area contributed by atoms with Gasteiger partial charge in [-0.3, -0.25) is 0 Å². The molecule has 0 aliphatic carbocycles. The van der Waals surface area contributed by atoms with Crippen LogP contribution in [0.4, 0.5) is 11.4 Å². The summed E-state index contributed by atoms with van der Waals surface area (Å²) in [6, 6.07) is 13.1. The molecule has 0 atom stereocenters. The second-order valence-corrected chi connectivity index (χ2v) is 14.0. The van der Waals surface area contributed by atoms with E-state index in [-0.39, 0.29) is 5.97 Å². The Hall–Kier alpha value is -2.60. The molecule has 0 amide bonds. The zero-order valence-corrected chi connectivity index (χ0v) is 28.1. The molecule has 4 nitrogen and oxygen atoms in total. The molecule has 0 aliphatic heterocycles. The van der Waals surface area contributed by atoms with Crippen molar-refractivity contribution < 1.29 is 9.53 Å². The summed E-state index contributed by atoms with van der Waals surface area (Å²) < 4.78 is 8.23. The summed E-state index contributed by atoms with van der Waals surface area (Å²) in [5, 5.41) is 0. The minimum absolute atomic E-state index is 0.304. The van der Waals surface area contributed by atoms with Gasteiger partial charge in [0.05, 0.1) is 0 Å². The van der Waals surface area contributed by atoms with Crippen molar-refractivity contribution in [3.8, 4) is 0 Å². The average Bonchev–Trinajstić information content (AvgIpc) is 2.86. The number of rotatable bonds is 12. The van der Waals surface area contributed by atoms with Crippen molar-refractivity contribution in [2.24, 2.45) is 4.99 Å². The molecule has 0 bridgehead atoms. The third-order valence-corrected chi connectivity index (χ3v) is 9.41. The fourth-order valence-corrected chi connectivity index (χ4v) is 6.90. The van der Waals surface area contributed by atoms with Crippen LogP contribution >= 0.6 is 0 Å². The number of nitrogens with zero attached hydrogens (tertiary/aromatic N) is 2. The number of anilines is 1. The fourth-order valence-electron chi connectivity index (χ4n) is 4.71. The molecule has 2 radical (unpaired) electrons. The van der Waals surface area contributed by atoms with E-state index in [0.29, 0.717) is 34.7 Å². The van der Waals surface area contributed by atoms with E-state index in [1.807, 2.05) is 6.92 Å². The van der Waals surface area contributed by atoms with Gasteiger partial charge in [0.1, 0.15) is 0 Å². The number of ether oxygens (including phenoxy) is 1. The molecule has 210 valence electrons. The van der Waals surface area contributed by atoms with Crippen LogP contribution in [0.3, 0.4) is 0 Å². The van der Waals surface area contributed by atoms with Gasteiger partial charge in [0.2, 0.25) is 0 Å². The standard InChI is InChI=1S/C34H48GeN2O2/c1-13-39-34(38)27(12)35-37(33-30(23(6)7)18-15-19-31(33)24(8)9)26(11)20-25(10)36-32-28(21(2)3)16-14-17-29(32)22(4)5/h14-24H,12-13H2,1-11H3/b26-20-,36-25?. The topological polar surface area (TPSA) is 41.9 Å². The number of esters is 1. The molecule has 0 aliphatic rings. The summed E-state index contributed by atoms with van der Waals surface area (Å²) in [6.07, 6.45) is 2.16. The zero-order chi connectivity index (χ0) is 29.4. The van der Waals surface area contributed by atoms with Crippen LogP contribution in [0, 0.1) is 0 Å². The van der Waals surface area contributed by atoms with Gasteiger partial charge in [-0.05, 0) is 0 Å². The second kappa shape index (κ2) is 14.7. The zero-order valence-electron chi connectivity index (χ0n) is 26.0. The predicted octanol–water partition coefficient (Wildman–Crippen LogP) is 9.38. The molecule has 0 heterocycles. The molecule has 2 rings (SSSR count). The summed E-state index contributed by atoms with van der Waals surface area (Å²) in [5.74, 6) is 1.11. The van der Waals surface area contributed by atoms with Gasteiger partial charge in [-0.2, -0.15) is 0 Å². The van der Waals surface area contributed by atoms with Crippen LogP contribution in [0.25, 0.3) is 0 Å². The van der Waals surface area contributed by atoms with Crippen LogP contribution in [0.1, 0.15) is 122 Å². The van der Waals surface area contributed by atoms with Crippen molar-refractivity contribution >= 4 is 38.7 Å². The summed E-state index contributed by atoms with van der Waals surface area (Å²) in [4.78, 5) is 17.9. The molecule has 0 fully saturated rings. The monoisotopic (exact) mass is 590 g/mol. The van der Waals surface area contributed by atoms with Crippen LogP contribution < -0.4 is 3.86 Å². The van der Waals surface area contributed by atoms with E-state index in [1.165, 1.54) is 27.9 Å². The van der Waals surface area contributed by atoms with E-state index in [4.69, 9.17) is 9.73 Å². The first-order chi connectivity index (χ1) is 18.3. The Labute approximate surface area is 244 Å². The number of allylic oxidation sites excluding steroid dienone is 2. The van der Waals surface area contributed by atoms with Gasteiger partial charge in [-0.15, -0.1) is 0 Å².